The maximum Gasteiger partial charge on any atom is 0.200 e. The Labute approximate surface area is 127 Å². The predicted octanol–water partition coefficient (Wildman–Crippen LogP) is 3.28. The van der Waals surface area contributed by atoms with Gasteiger partial charge < -0.3 is 0 Å². The van der Waals surface area contributed by atoms with Crippen LogP contribution in [0.3, 0.4) is 0 Å². The molecular formula is C15H17N5S. The normalized spacial score (nSPS) is 12.0. The molecule has 0 fully saturated rings. The van der Waals surface area contributed by atoms with Gasteiger partial charge in [-0.2, -0.15) is 0 Å². The Morgan fingerprint density at radius 2 is 1.90 bits per heavy atom. The smallest absolute Gasteiger partial charge is 0.140 e. The van der Waals surface area contributed by atoms with Crippen molar-refractivity contribution in [1.29, 1.82) is 0 Å². The van der Waals surface area contributed by atoms with Gasteiger partial charge in [-0.15, -0.1) is 14.8 Å². The molecule has 0 saturated heterocycles. The summed E-state index contributed by atoms with van der Waals surface area (Å²) in [7, 11) is 0. The fraction of sp³-hybridized carbons (Fsp3) is 0.333. The van der Waals surface area contributed by atoms with Crippen LogP contribution in [0.15, 0.2) is 40.3 Å². The maximum absolute atomic E-state index is 4.41. The van der Waals surface area contributed by atoms with Gasteiger partial charge in [-0.1, -0.05) is 44.7 Å². The van der Waals surface area contributed by atoms with Gasteiger partial charge in [-0.05, 0) is 52.1 Å². The van der Waals surface area contributed by atoms with Crippen LogP contribution in [0, 0.1) is 6.92 Å². The van der Waals surface area contributed by atoms with Crippen molar-refractivity contribution < 1.29 is 0 Å². The Hall–Kier alpha value is -1.95. The van der Waals surface area contributed by atoms with E-state index < -0.39 is 0 Å². The monoisotopic (exact) mass is 299 g/mol. The molecule has 0 unspecified atom stereocenters. The van der Waals surface area contributed by atoms with Gasteiger partial charge in [0.1, 0.15) is 5.03 Å². The van der Waals surface area contributed by atoms with E-state index in [-0.39, 0.29) is 5.41 Å². The van der Waals surface area contributed by atoms with Crippen LogP contribution in [0.1, 0.15) is 31.9 Å². The van der Waals surface area contributed by atoms with E-state index in [1.807, 2.05) is 12.1 Å². The van der Waals surface area contributed by atoms with Crippen molar-refractivity contribution in [2.24, 2.45) is 0 Å². The molecule has 0 radical (unpaired) electrons. The summed E-state index contributed by atoms with van der Waals surface area (Å²) in [6.07, 6.45) is 0. The summed E-state index contributed by atoms with van der Waals surface area (Å²) in [5.41, 5.74) is 3.35. The Bertz CT molecular complexity index is 788. The fourth-order valence-electron chi connectivity index (χ4n) is 1.98. The molecule has 0 aliphatic heterocycles. The molecule has 0 saturated carbocycles. The summed E-state index contributed by atoms with van der Waals surface area (Å²) in [5, 5.41) is 16.6. The molecule has 0 aliphatic rings. The van der Waals surface area contributed by atoms with Gasteiger partial charge in [-0.3, -0.25) is 0 Å². The van der Waals surface area contributed by atoms with Crippen molar-refractivity contribution in [2.45, 2.75) is 43.0 Å². The zero-order chi connectivity index (χ0) is 15.0. The van der Waals surface area contributed by atoms with Crippen LogP contribution >= 0.6 is 11.8 Å². The molecule has 0 aliphatic carbocycles. The summed E-state index contributed by atoms with van der Waals surface area (Å²) in [6.45, 7) is 8.77. The van der Waals surface area contributed by atoms with Crippen molar-refractivity contribution in [2.75, 3.05) is 0 Å². The number of benzene rings is 1. The third kappa shape index (κ3) is 2.90. The topological polar surface area (TPSA) is 56.0 Å². The van der Waals surface area contributed by atoms with Crippen molar-refractivity contribution >= 4 is 17.4 Å². The van der Waals surface area contributed by atoms with Gasteiger partial charge >= 0.3 is 0 Å². The molecule has 108 valence electrons. The van der Waals surface area contributed by atoms with E-state index in [0.717, 1.165) is 5.03 Å². The molecule has 0 N–H and O–H groups in total. The van der Waals surface area contributed by atoms with Gasteiger partial charge in [0.15, 0.2) is 5.65 Å². The largest absolute Gasteiger partial charge is 0.200 e. The second kappa shape index (κ2) is 5.11. The zero-order valence-electron chi connectivity index (χ0n) is 12.5. The third-order valence-electron chi connectivity index (χ3n) is 3.31. The van der Waals surface area contributed by atoms with E-state index in [0.29, 0.717) is 5.65 Å². The summed E-state index contributed by atoms with van der Waals surface area (Å²) in [5.74, 6) is 0. The predicted molar refractivity (Wildman–Crippen MR) is 82.6 cm³/mol. The van der Waals surface area contributed by atoms with Gasteiger partial charge in [-0.25, -0.2) is 0 Å². The lowest BCUT2D eigenvalue weighted by Crippen LogP contribution is -2.11. The maximum atomic E-state index is 4.41. The van der Waals surface area contributed by atoms with Crippen LogP contribution in [-0.2, 0) is 5.41 Å². The van der Waals surface area contributed by atoms with Crippen molar-refractivity contribution in [3.8, 4) is 0 Å². The lowest BCUT2D eigenvalue weighted by Gasteiger charge is -2.20. The van der Waals surface area contributed by atoms with Gasteiger partial charge in [0, 0.05) is 4.90 Å². The highest BCUT2D eigenvalue weighted by molar-refractivity contribution is 7.99. The number of fused-ring (bicyclic) bond motifs is 1. The molecule has 0 amide bonds. The molecular weight excluding hydrogens is 282 g/mol. The quantitative estimate of drug-likeness (QED) is 0.727. The zero-order valence-corrected chi connectivity index (χ0v) is 13.3. The first-order valence-electron chi connectivity index (χ1n) is 6.78. The average molecular weight is 299 g/mol. The fourth-order valence-corrected chi connectivity index (χ4v) is 2.87. The minimum Gasteiger partial charge on any atom is -0.140 e. The summed E-state index contributed by atoms with van der Waals surface area (Å²) >= 11 is 1.64. The molecule has 0 atom stereocenters. The van der Waals surface area contributed by atoms with Gasteiger partial charge in [0.05, 0.1) is 0 Å². The van der Waals surface area contributed by atoms with E-state index in [9.17, 15) is 0 Å². The number of rotatable bonds is 2. The van der Waals surface area contributed by atoms with Gasteiger partial charge in [0.25, 0.3) is 0 Å². The molecule has 21 heavy (non-hydrogen) atoms. The van der Waals surface area contributed by atoms with Crippen molar-refractivity contribution in [1.82, 2.24) is 25.3 Å². The first-order valence-corrected chi connectivity index (χ1v) is 7.59. The van der Waals surface area contributed by atoms with Crippen LogP contribution in [0.5, 0.6) is 0 Å². The molecule has 3 aromatic rings. The standard InChI is InChI=1S/C15H17N5S/c1-10-5-6-11(15(2,3)4)9-12(10)21-14-8-7-13-16-18-19-20(13)17-14/h5-9H,1-4H3. The highest BCUT2D eigenvalue weighted by Crippen LogP contribution is 2.33. The summed E-state index contributed by atoms with van der Waals surface area (Å²) in [6, 6.07) is 10.4. The highest BCUT2D eigenvalue weighted by Gasteiger charge is 2.15. The lowest BCUT2D eigenvalue weighted by molar-refractivity contribution is 0.588. The Morgan fingerprint density at radius 1 is 1.10 bits per heavy atom. The number of aryl methyl sites for hydroxylation is 1. The number of nitrogens with zero attached hydrogens (tertiary/aromatic N) is 5. The van der Waals surface area contributed by atoms with E-state index in [1.165, 1.54) is 20.7 Å². The lowest BCUT2D eigenvalue weighted by atomic mass is 9.87. The SMILES string of the molecule is Cc1ccc(C(C)(C)C)cc1Sc1ccc2nnnn2n1. The molecule has 0 bridgehead atoms. The first-order chi connectivity index (χ1) is 9.93. The minimum absolute atomic E-state index is 0.135. The summed E-state index contributed by atoms with van der Waals surface area (Å²) < 4.78 is 1.45. The average Bonchev–Trinajstić information content (AvgIpc) is 2.87. The Kier molecular flexibility index (Phi) is 3.41. The van der Waals surface area contributed by atoms with Crippen molar-refractivity contribution in [3.05, 3.63) is 41.5 Å². The van der Waals surface area contributed by atoms with Crippen LogP contribution < -0.4 is 0 Å². The highest BCUT2D eigenvalue weighted by atomic mass is 32.2. The first kappa shape index (κ1) is 14.0. The van der Waals surface area contributed by atoms with E-state index >= 15 is 0 Å². The molecule has 0 spiro atoms. The van der Waals surface area contributed by atoms with Crippen LogP contribution in [0.2, 0.25) is 0 Å². The molecule has 3 rings (SSSR count). The van der Waals surface area contributed by atoms with Crippen LogP contribution in [-0.4, -0.2) is 25.3 Å². The molecule has 2 aromatic heterocycles. The third-order valence-corrected chi connectivity index (χ3v) is 4.40. The minimum atomic E-state index is 0.135. The molecule has 5 nitrogen and oxygen atoms in total. The van der Waals surface area contributed by atoms with E-state index in [4.69, 9.17) is 0 Å². The molecule has 2 heterocycles. The number of tetrazole rings is 1. The Balaban J connectivity index is 1.96. The summed E-state index contributed by atoms with van der Waals surface area (Å²) in [4.78, 5) is 1.21. The van der Waals surface area contributed by atoms with E-state index in [1.54, 1.807) is 11.8 Å². The number of hydrogen-bond donors (Lipinski definition) is 0. The van der Waals surface area contributed by atoms with Crippen LogP contribution in [0.4, 0.5) is 0 Å². The molecule has 1 aromatic carbocycles. The van der Waals surface area contributed by atoms with Gasteiger partial charge in [0.2, 0.25) is 0 Å². The second-order valence-electron chi connectivity index (χ2n) is 6.03. The van der Waals surface area contributed by atoms with Crippen molar-refractivity contribution in [3.63, 3.8) is 0 Å². The van der Waals surface area contributed by atoms with Crippen LogP contribution in [0.25, 0.3) is 5.65 Å². The number of hydrogen-bond acceptors (Lipinski definition) is 5. The number of aromatic nitrogens is 5. The second-order valence-corrected chi connectivity index (χ2v) is 7.09. The Morgan fingerprint density at radius 3 is 2.67 bits per heavy atom. The molecule has 6 heteroatoms. The van der Waals surface area contributed by atoms with E-state index in [2.05, 4.69) is 66.5 Å².